The number of nitrogens with zero attached hydrogens (tertiary/aromatic N) is 3. The summed E-state index contributed by atoms with van der Waals surface area (Å²) in [5, 5.41) is 0.514. The minimum atomic E-state index is -0.151. The number of H-pyrrole nitrogens is 1. The van der Waals surface area contributed by atoms with Gasteiger partial charge >= 0.3 is 0 Å². The molecule has 1 N–H and O–H groups in total. The van der Waals surface area contributed by atoms with Crippen molar-refractivity contribution in [3.05, 3.63) is 86.7 Å². The lowest BCUT2D eigenvalue weighted by Gasteiger charge is -2.23. The first kappa shape index (κ1) is 21.4. The van der Waals surface area contributed by atoms with E-state index < -0.39 is 0 Å². The van der Waals surface area contributed by atoms with Crippen LogP contribution in [-0.2, 0) is 18.4 Å². The zero-order valence-corrected chi connectivity index (χ0v) is 19.5. The first-order valence-corrected chi connectivity index (χ1v) is 11.5. The molecule has 0 saturated carbocycles. The van der Waals surface area contributed by atoms with Gasteiger partial charge in [-0.2, -0.15) is 0 Å². The lowest BCUT2D eigenvalue weighted by atomic mass is 10.2. The van der Waals surface area contributed by atoms with E-state index in [1.807, 2.05) is 67.6 Å². The van der Waals surface area contributed by atoms with E-state index in [2.05, 4.69) is 25.9 Å². The number of thioether (sulfide) groups is 1. The number of fused-ring (bicyclic) bond motifs is 1. The lowest BCUT2D eigenvalue weighted by molar-refractivity contribution is -0.116. The highest BCUT2D eigenvalue weighted by Gasteiger charge is 2.19. The number of anilines is 1. The number of amides is 1. The van der Waals surface area contributed by atoms with Crippen LogP contribution >= 0.6 is 27.7 Å². The van der Waals surface area contributed by atoms with E-state index in [0.29, 0.717) is 22.7 Å². The SMILES string of the molecule is Cc1cc2nc(SCC(=O)N(Cc3ccccc3)c3ccc(Br)cc3)n(C)c(=O)c2[nH]1. The van der Waals surface area contributed by atoms with Gasteiger partial charge in [0.05, 0.1) is 17.8 Å². The number of hydrogen-bond acceptors (Lipinski definition) is 4. The number of hydrogen-bond donors (Lipinski definition) is 1. The third-order valence-corrected chi connectivity index (χ3v) is 6.44. The van der Waals surface area contributed by atoms with Gasteiger partial charge in [0, 0.05) is 22.9 Å². The fraction of sp³-hybridized carbons (Fsp3) is 0.174. The summed E-state index contributed by atoms with van der Waals surface area (Å²) in [6.45, 7) is 2.35. The molecule has 0 radical (unpaired) electrons. The fourth-order valence-corrected chi connectivity index (χ4v) is 4.41. The number of aromatic nitrogens is 3. The smallest absolute Gasteiger partial charge is 0.278 e. The Bertz CT molecular complexity index is 1280. The van der Waals surface area contributed by atoms with Crippen LogP contribution < -0.4 is 10.5 Å². The second kappa shape index (κ2) is 9.11. The van der Waals surface area contributed by atoms with Crippen molar-refractivity contribution >= 4 is 50.3 Å². The van der Waals surface area contributed by atoms with Crippen molar-refractivity contribution in [3.8, 4) is 0 Å². The van der Waals surface area contributed by atoms with Crippen LogP contribution in [0.3, 0.4) is 0 Å². The Morgan fingerprint density at radius 3 is 2.58 bits per heavy atom. The Kier molecular flexibility index (Phi) is 6.29. The van der Waals surface area contributed by atoms with Crippen LogP contribution in [-0.4, -0.2) is 26.2 Å². The number of nitrogens with one attached hydrogen (secondary N) is 1. The molecule has 4 rings (SSSR count). The molecule has 31 heavy (non-hydrogen) atoms. The molecule has 0 fully saturated rings. The second-order valence-corrected chi connectivity index (χ2v) is 9.06. The molecule has 2 heterocycles. The van der Waals surface area contributed by atoms with Crippen molar-refractivity contribution in [3.63, 3.8) is 0 Å². The van der Waals surface area contributed by atoms with Gasteiger partial charge in [-0.1, -0.05) is 58.0 Å². The number of rotatable bonds is 6. The quantitative estimate of drug-likeness (QED) is 0.311. The molecule has 0 unspecified atom stereocenters. The summed E-state index contributed by atoms with van der Waals surface area (Å²) in [5.41, 5.74) is 3.68. The van der Waals surface area contributed by atoms with Crippen molar-refractivity contribution in [2.75, 3.05) is 10.7 Å². The highest BCUT2D eigenvalue weighted by atomic mass is 79.9. The van der Waals surface area contributed by atoms with Crippen LogP contribution in [0, 0.1) is 6.92 Å². The molecule has 2 aromatic heterocycles. The van der Waals surface area contributed by atoms with Crippen LogP contribution in [0.5, 0.6) is 0 Å². The molecule has 158 valence electrons. The maximum atomic E-state index is 13.2. The van der Waals surface area contributed by atoms with E-state index in [9.17, 15) is 9.59 Å². The van der Waals surface area contributed by atoms with Gasteiger partial charge in [-0.05, 0) is 42.8 Å². The van der Waals surface area contributed by atoms with Crippen molar-refractivity contribution in [1.82, 2.24) is 14.5 Å². The Morgan fingerprint density at radius 1 is 1.16 bits per heavy atom. The third kappa shape index (κ3) is 4.75. The molecule has 0 aliphatic carbocycles. The Morgan fingerprint density at radius 2 is 1.87 bits per heavy atom. The number of carbonyl (C=O) groups is 1. The van der Waals surface area contributed by atoms with E-state index in [-0.39, 0.29) is 17.2 Å². The molecule has 0 spiro atoms. The summed E-state index contributed by atoms with van der Waals surface area (Å²) >= 11 is 4.71. The van der Waals surface area contributed by atoms with Crippen molar-refractivity contribution < 1.29 is 4.79 Å². The molecule has 4 aromatic rings. The molecule has 8 heteroatoms. The molecule has 0 aliphatic heterocycles. The van der Waals surface area contributed by atoms with Gasteiger partial charge in [-0.25, -0.2) is 4.98 Å². The summed E-state index contributed by atoms with van der Waals surface area (Å²) in [4.78, 5) is 35.2. The number of aryl methyl sites for hydroxylation is 1. The number of aromatic amines is 1. The highest BCUT2D eigenvalue weighted by molar-refractivity contribution is 9.10. The minimum Gasteiger partial charge on any atom is -0.353 e. The van der Waals surface area contributed by atoms with E-state index >= 15 is 0 Å². The molecule has 2 aromatic carbocycles. The van der Waals surface area contributed by atoms with Gasteiger partial charge in [-0.15, -0.1) is 0 Å². The van der Waals surface area contributed by atoms with Gasteiger partial charge in [0.2, 0.25) is 5.91 Å². The molecule has 0 atom stereocenters. The summed E-state index contributed by atoms with van der Waals surface area (Å²) in [6, 6.07) is 19.4. The third-order valence-electron chi connectivity index (χ3n) is 4.90. The summed E-state index contributed by atoms with van der Waals surface area (Å²) in [7, 11) is 1.67. The first-order valence-electron chi connectivity index (χ1n) is 9.71. The normalized spacial score (nSPS) is 11.1. The van der Waals surface area contributed by atoms with E-state index in [1.165, 1.54) is 16.3 Å². The zero-order valence-electron chi connectivity index (χ0n) is 17.1. The van der Waals surface area contributed by atoms with Crippen LogP contribution in [0.4, 0.5) is 5.69 Å². The predicted molar refractivity (Wildman–Crippen MR) is 129 cm³/mol. The summed E-state index contributed by atoms with van der Waals surface area (Å²) in [6.07, 6.45) is 0. The number of carbonyl (C=O) groups excluding carboxylic acids is 1. The van der Waals surface area contributed by atoms with Crippen LogP contribution in [0.25, 0.3) is 11.0 Å². The predicted octanol–water partition coefficient (Wildman–Crippen LogP) is 4.66. The lowest BCUT2D eigenvalue weighted by Crippen LogP contribution is -2.32. The summed E-state index contributed by atoms with van der Waals surface area (Å²) < 4.78 is 2.43. The van der Waals surface area contributed by atoms with E-state index in [0.717, 1.165) is 21.4 Å². The zero-order chi connectivity index (χ0) is 22.0. The van der Waals surface area contributed by atoms with E-state index in [1.54, 1.807) is 11.9 Å². The number of halogens is 1. The van der Waals surface area contributed by atoms with Gasteiger partial charge in [0.15, 0.2) is 5.16 Å². The first-order chi connectivity index (χ1) is 14.9. The maximum absolute atomic E-state index is 13.2. The average Bonchev–Trinajstić information content (AvgIpc) is 3.15. The van der Waals surface area contributed by atoms with Gasteiger partial charge < -0.3 is 9.88 Å². The van der Waals surface area contributed by atoms with E-state index in [4.69, 9.17) is 0 Å². The molecule has 0 aliphatic rings. The molecular formula is C23H21BrN4O2S. The van der Waals surface area contributed by atoms with Crippen LogP contribution in [0.2, 0.25) is 0 Å². The molecule has 1 amide bonds. The van der Waals surface area contributed by atoms with Crippen LogP contribution in [0.1, 0.15) is 11.3 Å². The molecule has 0 bridgehead atoms. The Hall–Kier alpha value is -2.84. The van der Waals surface area contributed by atoms with Crippen molar-refractivity contribution in [2.24, 2.45) is 7.05 Å². The number of benzene rings is 2. The topological polar surface area (TPSA) is 71.0 Å². The monoisotopic (exact) mass is 496 g/mol. The van der Waals surface area contributed by atoms with Gasteiger partial charge in [0.1, 0.15) is 5.52 Å². The summed E-state index contributed by atoms with van der Waals surface area (Å²) in [5.74, 6) is 0.105. The molecular weight excluding hydrogens is 476 g/mol. The van der Waals surface area contributed by atoms with Gasteiger partial charge in [-0.3, -0.25) is 14.2 Å². The molecule has 6 nitrogen and oxygen atoms in total. The maximum Gasteiger partial charge on any atom is 0.278 e. The average molecular weight is 497 g/mol. The Balaban J connectivity index is 1.59. The highest BCUT2D eigenvalue weighted by Crippen LogP contribution is 2.24. The Labute approximate surface area is 192 Å². The standard InChI is InChI=1S/C23H21BrN4O2S/c1-15-12-19-21(25-15)22(30)27(2)23(26-19)31-14-20(29)28(13-16-6-4-3-5-7-16)18-10-8-17(24)9-11-18/h3-12,25H,13-14H2,1-2H3. The minimum absolute atomic E-state index is 0.0595. The second-order valence-electron chi connectivity index (χ2n) is 7.20. The fourth-order valence-electron chi connectivity index (χ4n) is 3.30. The van der Waals surface area contributed by atoms with Crippen LogP contribution in [0.15, 0.2) is 75.1 Å². The van der Waals surface area contributed by atoms with Gasteiger partial charge in [0.25, 0.3) is 5.56 Å². The molecule has 0 saturated heterocycles. The van der Waals surface area contributed by atoms with Crippen molar-refractivity contribution in [2.45, 2.75) is 18.6 Å². The van der Waals surface area contributed by atoms with Crippen molar-refractivity contribution in [1.29, 1.82) is 0 Å². The largest absolute Gasteiger partial charge is 0.353 e.